The Morgan fingerprint density at radius 1 is 0.941 bits per heavy atom. The van der Waals surface area contributed by atoms with Gasteiger partial charge in [0.15, 0.2) is 0 Å². The van der Waals surface area contributed by atoms with Gasteiger partial charge in [-0.15, -0.1) is 0 Å². The highest BCUT2D eigenvalue weighted by atomic mass is 32.2. The van der Waals surface area contributed by atoms with Gasteiger partial charge in [-0.25, -0.2) is 17.2 Å². The molecule has 0 aliphatic carbocycles. The summed E-state index contributed by atoms with van der Waals surface area (Å²) in [4.78, 5) is 14.6. The Kier molecular flexibility index (Phi) is 8.54. The quantitative estimate of drug-likeness (QED) is 0.408. The van der Waals surface area contributed by atoms with Crippen LogP contribution in [0.1, 0.15) is 17.1 Å². The van der Waals surface area contributed by atoms with E-state index in [1.807, 2.05) is 0 Å². The zero-order chi connectivity index (χ0) is 24.7. The number of carbonyl (C=O) groups excluding carboxylic acids is 1. The number of hydrogen-bond acceptors (Lipinski definition) is 5. The van der Waals surface area contributed by atoms with Crippen molar-refractivity contribution in [3.63, 3.8) is 0 Å². The van der Waals surface area contributed by atoms with Crippen molar-refractivity contribution in [2.45, 2.75) is 24.9 Å². The number of hydrogen-bond donors (Lipinski definition) is 0. The monoisotopic (exact) mass is 492 g/mol. The number of amides is 1. The zero-order valence-electron chi connectivity index (χ0n) is 18.9. The summed E-state index contributed by atoms with van der Waals surface area (Å²) in [6.45, 7) is 1.50. The maximum atomic E-state index is 13.3. The Labute approximate surface area is 197 Å². The van der Waals surface area contributed by atoms with Gasteiger partial charge in [0.1, 0.15) is 23.2 Å². The zero-order valence-corrected chi connectivity index (χ0v) is 19.7. The van der Waals surface area contributed by atoms with Gasteiger partial charge < -0.3 is 14.1 Å². The van der Waals surface area contributed by atoms with E-state index in [9.17, 15) is 22.0 Å². The molecule has 0 fully saturated rings. The number of carbonyl (C=O) groups is 1. The van der Waals surface area contributed by atoms with E-state index in [4.69, 9.17) is 9.15 Å². The summed E-state index contributed by atoms with van der Waals surface area (Å²) in [5.74, 6) is -0.264. The van der Waals surface area contributed by atoms with Gasteiger partial charge in [0.2, 0.25) is 15.9 Å². The topological polar surface area (TPSA) is 80.1 Å². The first-order valence-electron chi connectivity index (χ1n) is 10.5. The first-order chi connectivity index (χ1) is 16.2. The second kappa shape index (κ2) is 11.4. The first-order valence-corrected chi connectivity index (χ1v) is 11.9. The van der Waals surface area contributed by atoms with Crippen molar-refractivity contribution < 1.29 is 31.1 Å². The van der Waals surface area contributed by atoms with Crippen molar-refractivity contribution in [1.82, 2.24) is 9.21 Å². The molecule has 7 nitrogen and oxygen atoms in total. The number of rotatable bonds is 11. The lowest BCUT2D eigenvalue weighted by molar-refractivity contribution is -0.133. The summed E-state index contributed by atoms with van der Waals surface area (Å²) in [6.07, 6.45) is 0. The van der Waals surface area contributed by atoms with Gasteiger partial charge in [0.05, 0.1) is 24.6 Å². The molecule has 0 radical (unpaired) electrons. The lowest BCUT2D eigenvalue weighted by Crippen LogP contribution is -2.43. The molecule has 0 spiro atoms. The van der Waals surface area contributed by atoms with Crippen LogP contribution in [-0.2, 0) is 32.6 Å². The molecule has 3 rings (SSSR count). The average Bonchev–Trinajstić information content (AvgIpc) is 3.22. The van der Waals surface area contributed by atoms with Crippen molar-refractivity contribution in [1.29, 1.82) is 0 Å². The van der Waals surface area contributed by atoms with Crippen LogP contribution in [0.5, 0.6) is 0 Å². The van der Waals surface area contributed by atoms with Gasteiger partial charge in [0, 0.05) is 20.2 Å². The molecular formula is C24H26F2N2O5S. The third-order valence-electron chi connectivity index (χ3n) is 5.09. The minimum absolute atomic E-state index is 0.0586. The minimum Gasteiger partial charge on any atom is -0.464 e. The van der Waals surface area contributed by atoms with Crippen LogP contribution in [0.15, 0.2) is 70.0 Å². The molecule has 0 saturated heterocycles. The summed E-state index contributed by atoms with van der Waals surface area (Å²) in [6, 6.07) is 13.6. The van der Waals surface area contributed by atoms with E-state index in [2.05, 4.69) is 0 Å². The molecule has 0 unspecified atom stereocenters. The Morgan fingerprint density at radius 2 is 1.56 bits per heavy atom. The van der Waals surface area contributed by atoms with Crippen molar-refractivity contribution in [2.24, 2.45) is 0 Å². The second-order valence-corrected chi connectivity index (χ2v) is 9.61. The molecule has 0 aliphatic heterocycles. The highest BCUT2D eigenvalue weighted by Crippen LogP contribution is 2.18. The van der Waals surface area contributed by atoms with Crippen LogP contribution >= 0.6 is 0 Å². The molecule has 0 saturated carbocycles. The van der Waals surface area contributed by atoms with Gasteiger partial charge in [0.25, 0.3) is 0 Å². The summed E-state index contributed by atoms with van der Waals surface area (Å²) in [7, 11) is -2.68. The Hall–Kier alpha value is -3.08. The Bertz CT molecular complexity index is 1190. The SMILES string of the molecule is COCCN(CC(=O)N(Cc1ccc(F)cc1)Cc1ccc(C)o1)S(=O)(=O)c1ccc(F)cc1. The number of ether oxygens (including phenoxy) is 1. The number of nitrogens with zero attached hydrogens (tertiary/aromatic N) is 2. The van der Waals surface area contributed by atoms with Gasteiger partial charge in [-0.1, -0.05) is 12.1 Å². The smallest absolute Gasteiger partial charge is 0.243 e. The maximum absolute atomic E-state index is 13.3. The van der Waals surface area contributed by atoms with Crippen LogP contribution in [0.2, 0.25) is 0 Å². The number of aryl methyl sites for hydroxylation is 1. The fourth-order valence-electron chi connectivity index (χ4n) is 3.28. The molecule has 3 aromatic rings. The predicted octanol–water partition coefficient (Wildman–Crippen LogP) is 3.73. The standard InChI is InChI=1S/C24H26F2N2O5S/c1-18-3-10-22(33-18)16-27(15-19-4-6-20(25)7-5-19)24(29)17-28(13-14-32-2)34(30,31)23-11-8-21(26)9-12-23/h3-12H,13-17H2,1-2H3. The summed E-state index contributed by atoms with van der Waals surface area (Å²) < 4.78 is 64.6. The molecule has 0 N–H and O–H groups in total. The molecule has 182 valence electrons. The molecule has 1 aromatic heterocycles. The third kappa shape index (κ3) is 6.72. The molecular weight excluding hydrogens is 466 g/mol. The number of methoxy groups -OCH3 is 1. The second-order valence-electron chi connectivity index (χ2n) is 7.67. The van der Waals surface area contributed by atoms with Crippen LogP contribution in [0.3, 0.4) is 0 Å². The van der Waals surface area contributed by atoms with Gasteiger partial charge >= 0.3 is 0 Å². The van der Waals surface area contributed by atoms with Gasteiger partial charge in [-0.2, -0.15) is 4.31 Å². The average molecular weight is 493 g/mol. The van der Waals surface area contributed by atoms with Crippen LogP contribution in [0.25, 0.3) is 0 Å². The predicted molar refractivity (Wildman–Crippen MR) is 121 cm³/mol. The van der Waals surface area contributed by atoms with Gasteiger partial charge in [-0.05, 0) is 61.0 Å². The number of halogens is 2. The van der Waals surface area contributed by atoms with Crippen LogP contribution in [0, 0.1) is 18.6 Å². The number of benzene rings is 2. The molecule has 1 heterocycles. The number of sulfonamides is 1. The molecule has 0 atom stereocenters. The molecule has 10 heteroatoms. The van der Waals surface area contributed by atoms with Crippen LogP contribution < -0.4 is 0 Å². The van der Waals surface area contributed by atoms with E-state index < -0.39 is 34.1 Å². The van der Waals surface area contributed by atoms with Crippen LogP contribution in [0.4, 0.5) is 8.78 Å². The fraction of sp³-hybridized carbons (Fsp3) is 0.292. The molecule has 2 aromatic carbocycles. The molecule has 0 aliphatic rings. The van der Waals surface area contributed by atoms with Crippen molar-refractivity contribution >= 4 is 15.9 Å². The van der Waals surface area contributed by atoms with E-state index in [1.165, 1.54) is 24.1 Å². The van der Waals surface area contributed by atoms with Crippen molar-refractivity contribution in [3.8, 4) is 0 Å². The summed E-state index contributed by atoms with van der Waals surface area (Å²) >= 11 is 0. The van der Waals surface area contributed by atoms with E-state index in [0.717, 1.165) is 28.6 Å². The van der Waals surface area contributed by atoms with E-state index in [-0.39, 0.29) is 31.1 Å². The lowest BCUT2D eigenvalue weighted by atomic mass is 10.2. The van der Waals surface area contributed by atoms with Crippen molar-refractivity contribution in [2.75, 3.05) is 26.8 Å². The highest BCUT2D eigenvalue weighted by Gasteiger charge is 2.29. The largest absolute Gasteiger partial charge is 0.464 e. The van der Waals surface area contributed by atoms with E-state index >= 15 is 0 Å². The minimum atomic E-state index is -4.10. The third-order valence-corrected chi connectivity index (χ3v) is 6.95. The van der Waals surface area contributed by atoms with E-state index in [1.54, 1.807) is 31.2 Å². The Balaban J connectivity index is 1.86. The first kappa shape index (κ1) is 25.5. The summed E-state index contributed by atoms with van der Waals surface area (Å²) in [5, 5.41) is 0. The van der Waals surface area contributed by atoms with Gasteiger partial charge in [-0.3, -0.25) is 4.79 Å². The fourth-order valence-corrected chi connectivity index (χ4v) is 4.66. The summed E-state index contributed by atoms with van der Waals surface area (Å²) in [5.41, 5.74) is 0.669. The Morgan fingerprint density at radius 3 is 2.12 bits per heavy atom. The van der Waals surface area contributed by atoms with E-state index in [0.29, 0.717) is 17.1 Å². The lowest BCUT2D eigenvalue weighted by Gasteiger charge is -2.27. The normalized spacial score (nSPS) is 11.7. The number of furan rings is 1. The molecule has 34 heavy (non-hydrogen) atoms. The molecule has 0 bridgehead atoms. The van der Waals surface area contributed by atoms with Crippen molar-refractivity contribution in [3.05, 3.63) is 89.4 Å². The van der Waals surface area contributed by atoms with Crippen LogP contribution in [-0.4, -0.2) is 50.3 Å². The maximum Gasteiger partial charge on any atom is 0.243 e. The molecule has 1 amide bonds. The highest BCUT2D eigenvalue weighted by molar-refractivity contribution is 7.89.